The maximum atomic E-state index is 11.8. The smallest absolute Gasteiger partial charge is 0.172 e. The molecule has 2 aromatic rings. The molecule has 0 spiro atoms. The highest BCUT2D eigenvalue weighted by atomic mass is 32.1. The highest BCUT2D eigenvalue weighted by Gasteiger charge is 2.07. The van der Waals surface area contributed by atoms with Crippen LogP contribution in [0.4, 0.5) is 0 Å². The van der Waals surface area contributed by atoms with E-state index in [0.29, 0.717) is 36.5 Å². The minimum Gasteiger partial charge on any atom is -0.497 e. The zero-order valence-electron chi connectivity index (χ0n) is 11.7. The van der Waals surface area contributed by atoms with Gasteiger partial charge in [0.1, 0.15) is 11.5 Å². The third-order valence-corrected chi connectivity index (χ3v) is 3.77. The Morgan fingerprint density at radius 3 is 2.81 bits per heavy atom. The number of rotatable bonds is 7. The van der Waals surface area contributed by atoms with Gasteiger partial charge in [-0.2, -0.15) is 5.26 Å². The predicted molar refractivity (Wildman–Crippen MR) is 81.1 cm³/mol. The van der Waals surface area contributed by atoms with Crippen LogP contribution in [0.5, 0.6) is 11.5 Å². The molecule has 0 aliphatic heterocycles. The van der Waals surface area contributed by atoms with Crippen LogP contribution >= 0.6 is 11.3 Å². The van der Waals surface area contributed by atoms with Gasteiger partial charge >= 0.3 is 0 Å². The molecule has 0 unspecified atom stereocenters. The fourth-order valence-electron chi connectivity index (χ4n) is 1.82. The number of ether oxygens (including phenoxy) is 2. The summed E-state index contributed by atoms with van der Waals surface area (Å²) in [4.78, 5) is 12.6. The molecule has 21 heavy (non-hydrogen) atoms. The summed E-state index contributed by atoms with van der Waals surface area (Å²) in [5.41, 5.74) is 0.485. The number of hydrogen-bond donors (Lipinski definition) is 0. The van der Waals surface area contributed by atoms with Gasteiger partial charge < -0.3 is 9.47 Å². The lowest BCUT2D eigenvalue weighted by atomic mass is 10.2. The number of carbonyl (C=O) groups excluding carboxylic acids is 1. The number of carbonyl (C=O) groups is 1. The van der Waals surface area contributed by atoms with Crippen LogP contribution in [0.25, 0.3) is 0 Å². The molecule has 2 rings (SSSR count). The minimum absolute atomic E-state index is 0.136. The van der Waals surface area contributed by atoms with E-state index in [9.17, 15) is 4.79 Å². The van der Waals surface area contributed by atoms with Crippen LogP contribution in [0.2, 0.25) is 0 Å². The van der Waals surface area contributed by atoms with Gasteiger partial charge in [-0.15, -0.1) is 11.3 Å². The lowest BCUT2D eigenvalue weighted by Gasteiger charge is -2.08. The van der Waals surface area contributed by atoms with Crippen molar-refractivity contribution in [2.24, 2.45) is 0 Å². The fourth-order valence-corrected chi connectivity index (χ4v) is 2.52. The Morgan fingerprint density at radius 2 is 2.14 bits per heavy atom. The van der Waals surface area contributed by atoms with Crippen LogP contribution in [0.15, 0.2) is 35.7 Å². The van der Waals surface area contributed by atoms with Crippen LogP contribution in [0.1, 0.15) is 28.1 Å². The molecule has 4 nitrogen and oxygen atoms in total. The third kappa shape index (κ3) is 4.33. The molecule has 5 heteroatoms. The third-order valence-electron chi connectivity index (χ3n) is 2.86. The van der Waals surface area contributed by atoms with Gasteiger partial charge in [0.25, 0.3) is 0 Å². The van der Waals surface area contributed by atoms with Crippen molar-refractivity contribution in [1.29, 1.82) is 5.26 Å². The zero-order chi connectivity index (χ0) is 15.1. The Kier molecular flexibility index (Phi) is 5.35. The predicted octanol–water partition coefficient (Wildman–Crippen LogP) is 3.67. The van der Waals surface area contributed by atoms with E-state index in [1.807, 2.05) is 17.5 Å². The fraction of sp³-hybridized carbons (Fsp3) is 0.250. The average Bonchev–Trinajstić information content (AvgIpc) is 3.05. The molecule has 0 amide bonds. The van der Waals surface area contributed by atoms with E-state index in [1.165, 1.54) is 11.3 Å². The van der Waals surface area contributed by atoms with E-state index in [2.05, 4.69) is 6.07 Å². The van der Waals surface area contributed by atoms with Crippen LogP contribution in [0, 0.1) is 11.3 Å². The molecule has 0 bridgehead atoms. The van der Waals surface area contributed by atoms with Gasteiger partial charge in [-0.05, 0) is 30.0 Å². The van der Waals surface area contributed by atoms with Crippen LogP contribution < -0.4 is 9.47 Å². The molecule has 0 radical (unpaired) electrons. The summed E-state index contributed by atoms with van der Waals surface area (Å²) in [6.45, 7) is 0.426. The van der Waals surface area contributed by atoms with Gasteiger partial charge in [-0.1, -0.05) is 6.07 Å². The number of thiophene rings is 1. The van der Waals surface area contributed by atoms with Gasteiger partial charge in [-0.3, -0.25) is 4.79 Å². The van der Waals surface area contributed by atoms with E-state index in [0.717, 1.165) is 4.88 Å². The number of methoxy groups -OCH3 is 1. The van der Waals surface area contributed by atoms with Crippen molar-refractivity contribution in [2.75, 3.05) is 13.7 Å². The summed E-state index contributed by atoms with van der Waals surface area (Å²) >= 11 is 1.45. The van der Waals surface area contributed by atoms with Crippen molar-refractivity contribution in [3.63, 3.8) is 0 Å². The molecule has 0 aliphatic carbocycles. The highest BCUT2D eigenvalue weighted by molar-refractivity contribution is 7.12. The molecule has 1 aromatic heterocycles. The van der Waals surface area contributed by atoms with Gasteiger partial charge in [0, 0.05) is 12.5 Å². The summed E-state index contributed by atoms with van der Waals surface area (Å²) in [5.74, 6) is 1.30. The van der Waals surface area contributed by atoms with Crippen LogP contribution in [-0.4, -0.2) is 19.5 Å². The molecule has 0 N–H and O–H groups in total. The maximum absolute atomic E-state index is 11.8. The SMILES string of the molecule is COc1cc(C#N)cc(OCCCC(=O)c2cccs2)c1. The molecular formula is C16H15NO3S. The Balaban J connectivity index is 1.83. The first-order valence-corrected chi connectivity index (χ1v) is 7.39. The molecule has 1 aromatic carbocycles. The Labute approximate surface area is 127 Å². The average molecular weight is 301 g/mol. The summed E-state index contributed by atoms with van der Waals surface area (Å²) in [7, 11) is 1.54. The standard InChI is InChI=1S/C16H15NO3S/c1-19-13-8-12(11-17)9-14(10-13)20-6-2-4-15(18)16-5-3-7-21-16/h3,5,7-10H,2,4,6H2,1H3. The van der Waals surface area contributed by atoms with Crippen LogP contribution in [0.3, 0.4) is 0 Å². The molecule has 0 saturated heterocycles. The van der Waals surface area contributed by atoms with Crippen molar-refractivity contribution >= 4 is 17.1 Å². The molecular weight excluding hydrogens is 286 g/mol. The van der Waals surface area contributed by atoms with E-state index >= 15 is 0 Å². The van der Waals surface area contributed by atoms with E-state index in [-0.39, 0.29) is 5.78 Å². The van der Waals surface area contributed by atoms with E-state index < -0.39 is 0 Å². The number of hydrogen-bond acceptors (Lipinski definition) is 5. The summed E-state index contributed by atoms with van der Waals surface area (Å²) < 4.78 is 10.7. The van der Waals surface area contributed by atoms with Crippen molar-refractivity contribution in [1.82, 2.24) is 0 Å². The lowest BCUT2D eigenvalue weighted by molar-refractivity contribution is 0.0977. The summed E-state index contributed by atoms with van der Waals surface area (Å²) in [6, 6.07) is 10.8. The second-order valence-corrected chi connectivity index (χ2v) is 5.31. The maximum Gasteiger partial charge on any atom is 0.172 e. The van der Waals surface area contributed by atoms with Gasteiger partial charge in [-0.25, -0.2) is 0 Å². The second kappa shape index (κ2) is 7.46. The molecule has 0 fully saturated rings. The van der Waals surface area contributed by atoms with Crippen molar-refractivity contribution in [3.8, 4) is 17.6 Å². The highest BCUT2D eigenvalue weighted by Crippen LogP contribution is 2.22. The number of nitriles is 1. The number of Topliss-reactive ketones (excluding diaryl/α,β-unsaturated/α-hetero) is 1. The molecule has 0 aliphatic rings. The first-order valence-electron chi connectivity index (χ1n) is 6.51. The number of benzene rings is 1. The molecule has 108 valence electrons. The van der Waals surface area contributed by atoms with Gasteiger partial charge in [0.05, 0.1) is 30.2 Å². The monoisotopic (exact) mass is 301 g/mol. The Bertz CT molecular complexity index is 644. The van der Waals surface area contributed by atoms with Crippen molar-refractivity contribution < 1.29 is 14.3 Å². The largest absolute Gasteiger partial charge is 0.497 e. The first kappa shape index (κ1) is 15.1. The lowest BCUT2D eigenvalue weighted by Crippen LogP contribution is -2.03. The van der Waals surface area contributed by atoms with Gasteiger partial charge in [0.15, 0.2) is 5.78 Å². The van der Waals surface area contributed by atoms with Gasteiger partial charge in [0.2, 0.25) is 0 Å². The first-order chi connectivity index (χ1) is 10.2. The normalized spacial score (nSPS) is 9.90. The molecule has 0 atom stereocenters. The molecule has 1 heterocycles. The van der Waals surface area contributed by atoms with Crippen LogP contribution in [-0.2, 0) is 0 Å². The second-order valence-electron chi connectivity index (χ2n) is 4.36. The Morgan fingerprint density at radius 1 is 1.33 bits per heavy atom. The van der Waals surface area contributed by atoms with Crippen molar-refractivity contribution in [2.45, 2.75) is 12.8 Å². The number of ketones is 1. The Hall–Kier alpha value is -2.32. The summed E-state index contributed by atoms with van der Waals surface area (Å²) in [5, 5.41) is 10.8. The summed E-state index contributed by atoms with van der Waals surface area (Å²) in [6.07, 6.45) is 1.09. The molecule has 0 saturated carbocycles. The topological polar surface area (TPSA) is 59.3 Å². The number of nitrogens with zero attached hydrogens (tertiary/aromatic N) is 1. The quantitative estimate of drug-likeness (QED) is 0.578. The van der Waals surface area contributed by atoms with E-state index in [4.69, 9.17) is 14.7 Å². The van der Waals surface area contributed by atoms with E-state index in [1.54, 1.807) is 25.3 Å². The minimum atomic E-state index is 0.136. The zero-order valence-corrected chi connectivity index (χ0v) is 12.5. The van der Waals surface area contributed by atoms with Crippen molar-refractivity contribution in [3.05, 3.63) is 46.2 Å².